The van der Waals surface area contributed by atoms with Crippen molar-refractivity contribution in [3.63, 3.8) is 0 Å². The van der Waals surface area contributed by atoms with E-state index in [1.165, 1.54) is 44.9 Å². The highest BCUT2D eigenvalue weighted by Crippen LogP contribution is 2.32. The molecule has 1 aliphatic carbocycles. The van der Waals surface area contributed by atoms with Crippen LogP contribution in [0.3, 0.4) is 0 Å². The summed E-state index contributed by atoms with van der Waals surface area (Å²) < 4.78 is 0. The van der Waals surface area contributed by atoms with Crippen molar-refractivity contribution in [3.8, 4) is 0 Å². The number of nitro groups is 1. The van der Waals surface area contributed by atoms with E-state index in [1.54, 1.807) is 12.1 Å². The summed E-state index contributed by atoms with van der Waals surface area (Å²) in [5.41, 5.74) is 1.38. The molecule has 0 atom stereocenters. The third-order valence-corrected chi connectivity index (χ3v) is 3.66. The molecule has 3 nitrogen and oxygen atoms in total. The van der Waals surface area contributed by atoms with E-state index < -0.39 is 0 Å². The van der Waals surface area contributed by atoms with Crippen LogP contribution in [0.4, 0.5) is 5.69 Å². The van der Waals surface area contributed by atoms with Crippen LogP contribution in [0.15, 0.2) is 24.3 Å². The van der Waals surface area contributed by atoms with E-state index in [-0.39, 0.29) is 10.6 Å². The zero-order chi connectivity index (χ0) is 14.1. The minimum atomic E-state index is -0.299. The Balaban J connectivity index is 0.000000861. The molecule has 1 aromatic carbocycles. The van der Waals surface area contributed by atoms with Crippen molar-refractivity contribution >= 4 is 5.69 Å². The molecule has 0 unspecified atom stereocenters. The van der Waals surface area contributed by atoms with Crippen LogP contribution >= 0.6 is 0 Å². The molecule has 0 amide bonds. The lowest BCUT2D eigenvalue weighted by atomic mass is 9.86. The van der Waals surface area contributed by atoms with Gasteiger partial charge in [0.1, 0.15) is 0 Å². The van der Waals surface area contributed by atoms with Crippen LogP contribution in [0.2, 0.25) is 0 Å². The van der Waals surface area contributed by atoms with Crippen LogP contribution < -0.4 is 0 Å². The first kappa shape index (κ1) is 15.7. The summed E-state index contributed by atoms with van der Waals surface area (Å²) in [6.07, 6.45) is 8.85. The Labute approximate surface area is 116 Å². The van der Waals surface area contributed by atoms with Crippen molar-refractivity contribution < 1.29 is 4.92 Å². The van der Waals surface area contributed by atoms with Gasteiger partial charge in [0.05, 0.1) is 4.92 Å². The second kappa shape index (κ2) is 8.68. The molecule has 1 aromatic rings. The van der Waals surface area contributed by atoms with Gasteiger partial charge in [0.15, 0.2) is 0 Å². The van der Waals surface area contributed by atoms with Gasteiger partial charge in [-0.2, -0.15) is 0 Å². The molecule has 0 saturated heterocycles. The molecule has 0 aromatic heterocycles. The summed E-state index contributed by atoms with van der Waals surface area (Å²) >= 11 is 0. The van der Waals surface area contributed by atoms with Gasteiger partial charge < -0.3 is 0 Å². The van der Waals surface area contributed by atoms with E-state index in [1.807, 2.05) is 26.0 Å². The lowest BCUT2D eigenvalue weighted by molar-refractivity contribution is -0.384. The van der Waals surface area contributed by atoms with Crippen molar-refractivity contribution in [3.05, 3.63) is 39.9 Å². The first-order valence-corrected chi connectivity index (χ1v) is 7.52. The number of nitro benzene ring substituents is 1. The highest BCUT2D eigenvalue weighted by molar-refractivity contribution is 5.36. The van der Waals surface area contributed by atoms with E-state index in [9.17, 15) is 10.1 Å². The van der Waals surface area contributed by atoms with E-state index in [0.29, 0.717) is 5.92 Å². The average Bonchev–Trinajstić information content (AvgIpc) is 2.41. The van der Waals surface area contributed by atoms with Crippen LogP contribution in [0.5, 0.6) is 0 Å². The van der Waals surface area contributed by atoms with Gasteiger partial charge in [-0.1, -0.05) is 58.1 Å². The van der Waals surface area contributed by atoms with Crippen molar-refractivity contribution in [2.75, 3.05) is 0 Å². The third kappa shape index (κ3) is 5.01. The fourth-order valence-corrected chi connectivity index (χ4v) is 2.68. The molecule has 2 rings (SSSR count). The van der Waals surface area contributed by atoms with Crippen LogP contribution in [0, 0.1) is 10.1 Å². The second-order valence-corrected chi connectivity index (χ2v) is 4.89. The molecule has 0 spiro atoms. The number of rotatable bonds is 2. The van der Waals surface area contributed by atoms with Crippen LogP contribution in [-0.2, 0) is 0 Å². The lowest BCUT2D eigenvalue weighted by Crippen LogP contribution is -2.02. The number of nitrogens with zero attached hydrogens (tertiary/aromatic N) is 1. The maximum Gasteiger partial charge on any atom is 0.269 e. The Morgan fingerprint density at radius 3 is 2.21 bits per heavy atom. The molecule has 1 aliphatic rings. The molecule has 0 aliphatic heterocycles. The van der Waals surface area contributed by atoms with Crippen LogP contribution in [-0.4, -0.2) is 4.92 Å². The number of non-ortho nitro benzene ring substituents is 1. The Morgan fingerprint density at radius 2 is 1.63 bits per heavy atom. The second-order valence-electron chi connectivity index (χ2n) is 4.89. The molecular formula is C16H25NO2. The van der Waals surface area contributed by atoms with Crippen molar-refractivity contribution in [2.45, 2.75) is 64.7 Å². The van der Waals surface area contributed by atoms with Crippen molar-refractivity contribution in [1.29, 1.82) is 0 Å². The SMILES string of the molecule is CC.O=[N+]([O-])c1cccc(C2CCCCCCC2)c1. The third-order valence-electron chi connectivity index (χ3n) is 3.66. The highest BCUT2D eigenvalue weighted by atomic mass is 16.6. The zero-order valence-corrected chi connectivity index (χ0v) is 12.1. The summed E-state index contributed by atoms with van der Waals surface area (Å²) in [7, 11) is 0. The standard InChI is InChI=1S/C14H19NO2.C2H6/c16-15(17)14-10-6-9-13(11-14)12-7-4-2-1-3-5-8-12;1-2/h6,9-12H,1-5,7-8H2;1-2H3. The number of hydrogen-bond donors (Lipinski definition) is 0. The maximum absolute atomic E-state index is 10.8. The van der Waals surface area contributed by atoms with Crippen LogP contribution in [0.1, 0.15) is 70.3 Å². The summed E-state index contributed by atoms with van der Waals surface area (Å²) in [6.45, 7) is 4.00. The minimum Gasteiger partial charge on any atom is -0.258 e. The van der Waals surface area contributed by atoms with Gasteiger partial charge in [-0.3, -0.25) is 10.1 Å². The highest BCUT2D eigenvalue weighted by Gasteiger charge is 2.15. The van der Waals surface area contributed by atoms with Crippen LogP contribution in [0.25, 0.3) is 0 Å². The Morgan fingerprint density at radius 1 is 1.05 bits per heavy atom. The van der Waals surface area contributed by atoms with Crippen molar-refractivity contribution in [2.24, 2.45) is 0 Å². The summed E-state index contributed by atoms with van der Waals surface area (Å²) in [5, 5.41) is 10.8. The van der Waals surface area contributed by atoms with Gasteiger partial charge >= 0.3 is 0 Å². The predicted molar refractivity (Wildman–Crippen MR) is 79.5 cm³/mol. The molecule has 0 radical (unpaired) electrons. The van der Waals surface area contributed by atoms with Gasteiger partial charge in [0.2, 0.25) is 0 Å². The first-order valence-electron chi connectivity index (χ1n) is 7.52. The average molecular weight is 263 g/mol. The lowest BCUT2D eigenvalue weighted by Gasteiger charge is -2.19. The zero-order valence-electron chi connectivity index (χ0n) is 12.1. The fourth-order valence-electron chi connectivity index (χ4n) is 2.68. The van der Waals surface area contributed by atoms with E-state index in [0.717, 1.165) is 5.56 Å². The molecule has 3 heteroatoms. The predicted octanol–water partition coefficient (Wildman–Crippen LogP) is 5.45. The fraction of sp³-hybridized carbons (Fsp3) is 0.625. The molecule has 1 saturated carbocycles. The molecule has 0 bridgehead atoms. The number of hydrogen-bond acceptors (Lipinski definition) is 2. The summed E-state index contributed by atoms with van der Waals surface area (Å²) in [5.74, 6) is 0.523. The molecule has 19 heavy (non-hydrogen) atoms. The van der Waals surface area contributed by atoms with E-state index >= 15 is 0 Å². The largest absolute Gasteiger partial charge is 0.269 e. The molecule has 1 fully saturated rings. The van der Waals surface area contributed by atoms with Crippen molar-refractivity contribution in [1.82, 2.24) is 0 Å². The monoisotopic (exact) mass is 263 g/mol. The summed E-state index contributed by atoms with van der Waals surface area (Å²) in [6, 6.07) is 7.18. The van der Waals surface area contributed by atoms with Gasteiger partial charge in [0, 0.05) is 12.1 Å². The summed E-state index contributed by atoms with van der Waals surface area (Å²) in [4.78, 5) is 10.5. The first-order chi connectivity index (χ1) is 9.27. The van der Waals surface area contributed by atoms with Gasteiger partial charge in [-0.15, -0.1) is 0 Å². The normalized spacial score (nSPS) is 16.7. The Bertz CT molecular complexity index is 382. The molecular weight excluding hydrogens is 238 g/mol. The molecule has 0 heterocycles. The van der Waals surface area contributed by atoms with E-state index in [2.05, 4.69) is 0 Å². The molecule has 0 N–H and O–H groups in total. The smallest absolute Gasteiger partial charge is 0.258 e. The van der Waals surface area contributed by atoms with Gasteiger partial charge in [0.25, 0.3) is 5.69 Å². The quantitative estimate of drug-likeness (QED) is 0.526. The van der Waals surface area contributed by atoms with E-state index in [4.69, 9.17) is 0 Å². The minimum absolute atomic E-state index is 0.226. The Kier molecular flexibility index (Phi) is 7.16. The Hall–Kier alpha value is -1.38. The maximum atomic E-state index is 10.8. The topological polar surface area (TPSA) is 43.1 Å². The van der Waals surface area contributed by atoms with Gasteiger partial charge in [-0.05, 0) is 24.3 Å². The molecule has 106 valence electrons. The van der Waals surface area contributed by atoms with Gasteiger partial charge in [-0.25, -0.2) is 0 Å². The number of benzene rings is 1.